The molecular formula is C15H26N2O. The first-order valence-corrected chi connectivity index (χ1v) is 6.71. The van der Waals surface area contributed by atoms with E-state index in [0.717, 1.165) is 18.6 Å². The van der Waals surface area contributed by atoms with Gasteiger partial charge in [-0.25, -0.2) is 0 Å². The van der Waals surface area contributed by atoms with Crippen molar-refractivity contribution in [1.82, 2.24) is 0 Å². The zero-order chi connectivity index (χ0) is 13.5. The first-order valence-electron chi connectivity index (χ1n) is 6.71. The average molecular weight is 250 g/mol. The number of nitrogens with two attached hydrogens (primary N) is 2. The molecule has 0 aliphatic rings. The molecule has 1 unspecified atom stereocenters. The number of hydrogen-bond acceptors (Lipinski definition) is 3. The van der Waals surface area contributed by atoms with Crippen LogP contribution in [0.25, 0.3) is 0 Å². The van der Waals surface area contributed by atoms with Crippen LogP contribution >= 0.6 is 0 Å². The highest BCUT2D eigenvalue weighted by Gasteiger charge is 2.20. The molecule has 0 fully saturated rings. The topological polar surface area (TPSA) is 61.3 Å². The van der Waals surface area contributed by atoms with Crippen molar-refractivity contribution in [3.63, 3.8) is 0 Å². The fourth-order valence-electron chi connectivity index (χ4n) is 2.53. The van der Waals surface area contributed by atoms with Crippen LogP contribution in [0.1, 0.15) is 36.8 Å². The van der Waals surface area contributed by atoms with Crippen molar-refractivity contribution in [3.8, 4) is 5.75 Å². The third kappa shape index (κ3) is 3.47. The molecule has 1 aromatic carbocycles. The molecule has 0 radical (unpaired) electrons. The Hall–Kier alpha value is -1.06. The van der Waals surface area contributed by atoms with E-state index in [0.29, 0.717) is 24.9 Å². The first kappa shape index (κ1) is 15.0. The summed E-state index contributed by atoms with van der Waals surface area (Å²) in [5.41, 5.74) is 14.1. The monoisotopic (exact) mass is 250 g/mol. The number of methoxy groups -OCH3 is 1. The van der Waals surface area contributed by atoms with Gasteiger partial charge in [-0.1, -0.05) is 19.1 Å². The van der Waals surface area contributed by atoms with Gasteiger partial charge in [0, 0.05) is 5.56 Å². The lowest BCUT2D eigenvalue weighted by atomic mass is 9.84. The van der Waals surface area contributed by atoms with E-state index in [-0.39, 0.29) is 0 Å². The predicted molar refractivity (Wildman–Crippen MR) is 77.0 cm³/mol. The number of ether oxygens (including phenoxy) is 1. The largest absolute Gasteiger partial charge is 0.496 e. The van der Waals surface area contributed by atoms with E-state index in [9.17, 15) is 0 Å². The summed E-state index contributed by atoms with van der Waals surface area (Å²) < 4.78 is 5.50. The Morgan fingerprint density at radius 2 is 1.89 bits per heavy atom. The molecule has 0 spiro atoms. The number of hydrogen-bond donors (Lipinski definition) is 2. The number of rotatable bonds is 7. The quantitative estimate of drug-likeness (QED) is 0.781. The minimum absolute atomic E-state index is 0.388. The molecule has 1 atom stereocenters. The molecule has 1 aromatic rings. The molecule has 1 rings (SSSR count). The maximum Gasteiger partial charge on any atom is 0.122 e. The van der Waals surface area contributed by atoms with E-state index in [2.05, 4.69) is 19.9 Å². The van der Waals surface area contributed by atoms with Gasteiger partial charge in [0.05, 0.1) is 7.11 Å². The highest BCUT2D eigenvalue weighted by atomic mass is 16.5. The summed E-state index contributed by atoms with van der Waals surface area (Å²) in [6, 6.07) is 6.21. The molecule has 4 N–H and O–H groups in total. The Bertz CT molecular complexity index is 362. The Balaban J connectivity index is 3.00. The maximum absolute atomic E-state index is 5.76. The summed E-state index contributed by atoms with van der Waals surface area (Å²) in [6.45, 7) is 5.66. The van der Waals surface area contributed by atoms with Crippen LogP contribution in [0.2, 0.25) is 0 Å². The van der Waals surface area contributed by atoms with Gasteiger partial charge in [-0.15, -0.1) is 0 Å². The molecule has 0 aliphatic carbocycles. The molecule has 0 heterocycles. The average Bonchev–Trinajstić information content (AvgIpc) is 2.41. The second-order valence-electron chi connectivity index (χ2n) is 4.87. The van der Waals surface area contributed by atoms with Gasteiger partial charge in [-0.2, -0.15) is 0 Å². The van der Waals surface area contributed by atoms with E-state index in [4.69, 9.17) is 16.2 Å². The molecule has 0 saturated carbocycles. The highest BCUT2D eigenvalue weighted by molar-refractivity contribution is 5.42. The molecular weight excluding hydrogens is 224 g/mol. The molecule has 3 heteroatoms. The standard InChI is InChI=1S/C15H26N2O/c1-4-13(8-12(9-16)10-17)15-11(2)6-5-7-14(15)18-3/h5-7,12-13H,4,8-10,16-17H2,1-3H3. The van der Waals surface area contributed by atoms with Crippen molar-refractivity contribution in [1.29, 1.82) is 0 Å². The number of benzene rings is 1. The summed E-state index contributed by atoms with van der Waals surface area (Å²) in [5, 5.41) is 0. The molecule has 0 bridgehead atoms. The van der Waals surface area contributed by atoms with Crippen LogP contribution in [0.3, 0.4) is 0 Å². The van der Waals surface area contributed by atoms with Gasteiger partial charge in [0.2, 0.25) is 0 Å². The SMILES string of the molecule is CCC(CC(CN)CN)c1c(C)cccc1OC. The zero-order valence-corrected chi connectivity index (χ0v) is 11.8. The summed E-state index contributed by atoms with van der Waals surface area (Å²) in [7, 11) is 1.73. The van der Waals surface area contributed by atoms with E-state index in [1.165, 1.54) is 11.1 Å². The van der Waals surface area contributed by atoms with E-state index < -0.39 is 0 Å². The summed E-state index contributed by atoms with van der Waals surface area (Å²) in [5.74, 6) is 1.84. The van der Waals surface area contributed by atoms with E-state index >= 15 is 0 Å². The lowest BCUT2D eigenvalue weighted by Gasteiger charge is -2.24. The summed E-state index contributed by atoms with van der Waals surface area (Å²) in [4.78, 5) is 0. The van der Waals surface area contributed by atoms with Crippen LogP contribution in [0.15, 0.2) is 18.2 Å². The van der Waals surface area contributed by atoms with Crippen molar-refractivity contribution < 1.29 is 4.74 Å². The molecule has 0 amide bonds. The van der Waals surface area contributed by atoms with E-state index in [1.54, 1.807) is 7.11 Å². The van der Waals surface area contributed by atoms with Crippen molar-refractivity contribution in [3.05, 3.63) is 29.3 Å². The Morgan fingerprint density at radius 3 is 2.39 bits per heavy atom. The van der Waals surface area contributed by atoms with Gasteiger partial charge in [-0.05, 0) is 56.3 Å². The summed E-state index contributed by atoms with van der Waals surface area (Å²) >= 11 is 0. The third-order valence-corrected chi connectivity index (χ3v) is 3.69. The zero-order valence-electron chi connectivity index (χ0n) is 11.8. The second-order valence-corrected chi connectivity index (χ2v) is 4.87. The third-order valence-electron chi connectivity index (χ3n) is 3.69. The van der Waals surface area contributed by atoms with Gasteiger partial charge in [0.25, 0.3) is 0 Å². The van der Waals surface area contributed by atoms with Crippen molar-refractivity contribution >= 4 is 0 Å². The second kappa shape index (κ2) is 7.39. The maximum atomic E-state index is 5.76. The molecule has 0 saturated heterocycles. The van der Waals surface area contributed by atoms with Gasteiger partial charge in [0.1, 0.15) is 5.75 Å². The van der Waals surface area contributed by atoms with Crippen LogP contribution in [-0.2, 0) is 0 Å². The minimum Gasteiger partial charge on any atom is -0.496 e. The lowest BCUT2D eigenvalue weighted by molar-refractivity contribution is 0.389. The van der Waals surface area contributed by atoms with Crippen molar-refractivity contribution in [2.24, 2.45) is 17.4 Å². The fourth-order valence-corrected chi connectivity index (χ4v) is 2.53. The van der Waals surface area contributed by atoms with E-state index in [1.807, 2.05) is 12.1 Å². The highest BCUT2D eigenvalue weighted by Crippen LogP contribution is 2.35. The fraction of sp³-hybridized carbons (Fsp3) is 0.600. The number of aryl methyl sites for hydroxylation is 1. The van der Waals surface area contributed by atoms with Crippen LogP contribution < -0.4 is 16.2 Å². The van der Waals surface area contributed by atoms with Crippen LogP contribution in [0, 0.1) is 12.8 Å². The Kier molecular flexibility index (Phi) is 6.16. The molecule has 0 aliphatic heterocycles. The van der Waals surface area contributed by atoms with Crippen LogP contribution in [-0.4, -0.2) is 20.2 Å². The van der Waals surface area contributed by atoms with Crippen molar-refractivity contribution in [2.45, 2.75) is 32.6 Å². The van der Waals surface area contributed by atoms with Gasteiger partial charge < -0.3 is 16.2 Å². The van der Waals surface area contributed by atoms with Crippen molar-refractivity contribution in [2.75, 3.05) is 20.2 Å². The lowest BCUT2D eigenvalue weighted by Crippen LogP contribution is -2.25. The molecule has 102 valence electrons. The van der Waals surface area contributed by atoms with Gasteiger partial charge in [0.15, 0.2) is 0 Å². The normalized spacial score (nSPS) is 12.8. The van der Waals surface area contributed by atoms with Crippen LogP contribution in [0.5, 0.6) is 5.75 Å². The minimum atomic E-state index is 0.388. The molecule has 3 nitrogen and oxygen atoms in total. The first-order chi connectivity index (χ1) is 8.67. The predicted octanol–water partition coefficient (Wildman–Crippen LogP) is 2.42. The van der Waals surface area contributed by atoms with Gasteiger partial charge in [-0.3, -0.25) is 0 Å². The summed E-state index contributed by atoms with van der Waals surface area (Å²) in [6.07, 6.45) is 2.11. The Labute approximate surface area is 111 Å². The molecule has 18 heavy (non-hydrogen) atoms. The molecule has 0 aromatic heterocycles. The smallest absolute Gasteiger partial charge is 0.122 e. The Morgan fingerprint density at radius 1 is 1.22 bits per heavy atom. The van der Waals surface area contributed by atoms with Crippen LogP contribution in [0.4, 0.5) is 0 Å². The van der Waals surface area contributed by atoms with Gasteiger partial charge >= 0.3 is 0 Å².